The minimum atomic E-state index is -2.23. The van der Waals surface area contributed by atoms with Crippen molar-refractivity contribution in [2.24, 2.45) is 10.1 Å². The van der Waals surface area contributed by atoms with Crippen LogP contribution in [0.3, 0.4) is 0 Å². The van der Waals surface area contributed by atoms with Crippen LogP contribution >= 0.6 is 0 Å². The highest BCUT2D eigenvalue weighted by molar-refractivity contribution is 7.61. The predicted octanol–water partition coefficient (Wildman–Crippen LogP) is -0.212. The number of nitrogens with two attached hydrogens (primary N) is 1. The summed E-state index contributed by atoms with van der Waals surface area (Å²) in [6.45, 7) is 0.967. The summed E-state index contributed by atoms with van der Waals surface area (Å²) in [4.78, 5) is 0. The van der Waals surface area contributed by atoms with Gasteiger partial charge in [0, 0.05) is 0 Å². The number of rotatable bonds is 4. The zero-order valence-corrected chi connectivity index (χ0v) is 5.89. The van der Waals surface area contributed by atoms with Gasteiger partial charge >= 0.3 is 10.5 Å². The van der Waals surface area contributed by atoms with E-state index in [9.17, 15) is 8.42 Å². The van der Waals surface area contributed by atoms with Crippen molar-refractivity contribution in [3.63, 3.8) is 0 Å². The lowest BCUT2D eigenvalue weighted by atomic mass is 10.3. The van der Waals surface area contributed by atoms with Crippen molar-refractivity contribution in [2.75, 3.05) is 13.1 Å². The van der Waals surface area contributed by atoms with Crippen LogP contribution in [0.25, 0.3) is 0 Å². The number of nitrogens with zero attached hydrogens (tertiary/aromatic N) is 1. The number of hydrogen-bond acceptors (Lipinski definition) is 4. The van der Waals surface area contributed by atoms with E-state index < -0.39 is 10.5 Å². The SMILES string of the molecule is NCCCCN=S(=O)=O. The first-order valence-electron chi connectivity index (χ1n) is 2.74. The van der Waals surface area contributed by atoms with Gasteiger partial charge < -0.3 is 5.73 Å². The molecule has 0 radical (unpaired) electrons. The molecule has 0 saturated heterocycles. The summed E-state index contributed by atoms with van der Waals surface area (Å²) < 4.78 is 22.8. The predicted molar refractivity (Wildman–Crippen MR) is 34.5 cm³/mol. The molecule has 5 heteroatoms. The van der Waals surface area contributed by atoms with Crippen LogP contribution in [0.1, 0.15) is 12.8 Å². The van der Waals surface area contributed by atoms with E-state index in [1.807, 2.05) is 0 Å². The fraction of sp³-hybridized carbons (Fsp3) is 1.00. The van der Waals surface area contributed by atoms with Gasteiger partial charge in [-0.15, -0.1) is 0 Å². The summed E-state index contributed by atoms with van der Waals surface area (Å²) in [6, 6.07) is 0. The van der Waals surface area contributed by atoms with Crippen molar-refractivity contribution in [2.45, 2.75) is 12.8 Å². The summed E-state index contributed by atoms with van der Waals surface area (Å²) in [5, 5.41) is 0. The minimum Gasteiger partial charge on any atom is -0.330 e. The molecule has 2 N–H and O–H groups in total. The van der Waals surface area contributed by atoms with Crippen LogP contribution in [0.2, 0.25) is 0 Å². The lowest BCUT2D eigenvalue weighted by molar-refractivity contribution is 0.618. The van der Waals surface area contributed by atoms with Gasteiger partial charge in [0.1, 0.15) is 0 Å². The normalized spacial score (nSPS) is 9.00. The molecule has 0 aromatic heterocycles. The quantitative estimate of drug-likeness (QED) is 0.563. The summed E-state index contributed by atoms with van der Waals surface area (Å²) in [6.07, 6.45) is 1.59. The Bertz CT molecular complexity index is 165. The van der Waals surface area contributed by atoms with Gasteiger partial charge in [0.25, 0.3) is 0 Å². The molecule has 0 aromatic rings. The van der Waals surface area contributed by atoms with Crippen LogP contribution < -0.4 is 5.73 Å². The lowest BCUT2D eigenvalue weighted by Gasteiger charge is -1.87. The Hall–Kier alpha value is -0.420. The number of unbranched alkanes of at least 4 members (excludes halogenated alkanes) is 1. The molecular formula is C4H10N2O2S. The first-order valence-corrected chi connectivity index (χ1v) is 3.77. The monoisotopic (exact) mass is 150 g/mol. The van der Waals surface area contributed by atoms with E-state index in [0.717, 1.165) is 12.8 Å². The summed E-state index contributed by atoms with van der Waals surface area (Å²) in [5.74, 6) is 0. The molecule has 4 nitrogen and oxygen atoms in total. The zero-order chi connectivity index (χ0) is 7.11. The summed E-state index contributed by atoms with van der Waals surface area (Å²) >= 11 is 0. The van der Waals surface area contributed by atoms with E-state index in [2.05, 4.69) is 4.36 Å². The Balaban J connectivity index is 3.20. The molecule has 0 bridgehead atoms. The molecule has 54 valence electrons. The molecule has 9 heavy (non-hydrogen) atoms. The third-order valence-electron chi connectivity index (χ3n) is 0.809. The molecule has 0 aliphatic carbocycles. The van der Waals surface area contributed by atoms with Gasteiger partial charge in [-0.05, 0) is 19.4 Å². The molecule has 0 saturated carbocycles. The highest BCUT2D eigenvalue weighted by atomic mass is 32.2. The van der Waals surface area contributed by atoms with Gasteiger partial charge in [-0.1, -0.05) is 0 Å². The van der Waals surface area contributed by atoms with Crippen molar-refractivity contribution < 1.29 is 8.42 Å². The molecule has 0 amide bonds. The van der Waals surface area contributed by atoms with E-state index in [1.165, 1.54) is 0 Å². The van der Waals surface area contributed by atoms with E-state index in [-0.39, 0.29) is 0 Å². The second-order valence-electron chi connectivity index (χ2n) is 1.57. The Morgan fingerprint density at radius 1 is 1.33 bits per heavy atom. The Kier molecular flexibility index (Phi) is 5.45. The highest BCUT2D eigenvalue weighted by Gasteiger charge is 1.81. The molecule has 0 aromatic carbocycles. The molecule has 0 heterocycles. The second-order valence-corrected chi connectivity index (χ2v) is 2.26. The van der Waals surface area contributed by atoms with E-state index in [4.69, 9.17) is 5.73 Å². The first kappa shape index (κ1) is 8.58. The van der Waals surface area contributed by atoms with Gasteiger partial charge in [-0.25, -0.2) is 0 Å². The van der Waals surface area contributed by atoms with Crippen molar-refractivity contribution in [3.05, 3.63) is 0 Å². The fourth-order valence-electron chi connectivity index (χ4n) is 0.395. The van der Waals surface area contributed by atoms with E-state index in [0.29, 0.717) is 13.1 Å². The number of hydrogen-bond donors (Lipinski definition) is 1. The van der Waals surface area contributed by atoms with Crippen molar-refractivity contribution in [3.8, 4) is 0 Å². The Morgan fingerprint density at radius 3 is 2.44 bits per heavy atom. The van der Waals surface area contributed by atoms with Crippen LogP contribution in [-0.4, -0.2) is 21.5 Å². The van der Waals surface area contributed by atoms with Gasteiger partial charge in [0.05, 0.1) is 6.54 Å². The van der Waals surface area contributed by atoms with Crippen LogP contribution in [0.4, 0.5) is 0 Å². The fourth-order valence-corrected chi connectivity index (χ4v) is 0.673. The summed E-state index contributed by atoms with van der Waals surface area (Å²) in [5.41, 5.74) is 5.15. The summed E-state index contributed by atoms with van der Waals surface area (Å²) in [7, 11) is -2.23. The molecular weight excluding hydrogens is 140 g/mol. The first-order chi connectivity index (χ1) is 4.27. The van der Waals surface area contributed by atoms with Gasteiger partial charge in [-0.3, -0.25) is 0 Å². The lowest BCUT2D eigenvalue weighted by Crippen LogP contribution is -1.98. The van der Waals surface area contributed by atoms with E-state index >= 15 is 0 Å². The smallest absolute Gasteiger partial charge is 0.311 e. The third-order valence-corrected chi connectivity index (χ3v) is 1.20. The average molecular weight is 150 g/mol. The van der Waals surface area contributed by atoms with Crippen LogP contribution in [0.5, 0.6) is 0 Å². The topological polar surface area (TPSA) is 72.5 Å². The maximum Gasteiger partial charge on any atom is 0.311 e. The van der Waals surface area contributed by atoms with Crippen LogP contribution in [0.15, 0.2) is 4.36 Å². The largest absolute Gasteiger partial charge is 0.330 e. The zero-order valence-electron chi connectivity index (χ0n) is 5.08. The molecule has 0 unspecified atom stereocenters. The van der Waals surface area contributed by atoms with Crippen LogP contribution in [-0.2, 0) is 10.5 Å². The van der Waals surface area contributed by atoms with Gasteiger partial charge in [0.15, 0.2) is 0 Å². The molecule has 0 rings (SSSR count). The molecule has 0 aliphatic rings. The van der Waals surface area contributed by atoms with Crippen molar-refractivity contribution in [1.29, 1.82) is 0 Å². The maximum atomic E-state index is 9.76. The minimum absolute atomic E-state index is 0.368. The van der Waals surface area contributed by atoms with E-state index in [1.54, 1.807) is 0 Å². The highest BCUT2D eigenvalue weighted by Crippen LogP contribution is 1.84. The average Bonchev–Trinajstić information content (AvgIpc) is 1.80. The second kappa shape index (κ2) is 5.71. The third kappa shape index (κ3) is 7.58. The standard InChI is InChI=1S/C4H10N2O2S/c5-3-1-2-4-6-9(7)8/h1-5H2. The molecule has 0 spiro atoms. The van der Waals surface area contributed by atoms with Gasteiger partial charge in [0.2, 0.25) is 0 Å². The van der Waals surface area contributed by atoms with Gasteiger partial charge in [-0.2, -0.15) is 12.8 Å². The van der Waals surface area contributed by atoms with Crippen molar-refractivity contribution in [1.82, 2.24) is 0 Å². The van der Waals surface area contributed by atoms with Crippen LogP contribution in [0, 0.1) is 0 Å². The molecule has 0 aliphatic heterocycles. The Morgan fingerprint density at radius 2 is 2.00 bits per heavy atom. The molecule has 0 fully saturated rings. The maximum absolute atomic E-state index is 9.76. The Labute approximate surface area is 55.8 Å². The molecule has 0 atom stereocenters. The van der Waals surface area contributed by atoms with Crippen molar-refractivity contribution >= 4 is 10.5 Å².